The lowest BCUT2D eigenvalue weighted by atomic mass is 10.2. The molecule has 1 aromatic rings. The van der Waals surface area contributed by atoms with Crippen molar-refractivity contribution in [1.82, 2.24) is 5.32 Å². The van der Waals surface area contributed by atoms with E-state index >= 15 is 0 Å². The predicted octanol–water partition coefficient (Wildman–Crippen LogP) is 2.66. The van der Waals surface area contributed by atoms with Crippen molar-refractivity contribution in [1.29, 1.82) is 0 Å². The third-order valence-electron chi connectivity index (χ3n) is 2.94. The number of benzene rings is 1. The predicted molar refractivity (Wildman–Crippen MR) is 80.1 cm³/mol. The molecule has 23 heavy (non-hydrogen) atoms. The molecule has 5 nitrogen and oxygen atoms in total. The van der Waals surface area contributed by atoms with Gasteiger partial charge in [-0.2, -0.15) is 0 Å². The minimum atomic E-state index is -1.11. The van der Waals surface area contributed by atoms with E-state index in [0.29, 0.717) is 6.07 Å². The number of amides is 1. The van der Waals surface area contributed by atoms with E-state index in [-0.39, 0.29) is 31.6 Å². The summed E-state index contributed by atoms with van der Waals surface area (Å²) in [5.74, 6) is -3.14. The third kappa shape index (κ3) is 6.90. The lowest BCUT2D eigenvalue weighted by molar-refractivity contribution is -0.141. The molecular weight excluding hydrogens is 308 g/mol. The van der Waals surface area contributed by atoms with Crippen LogP contribution in [-0.2, 0) is 9.59 Å². The second-order valence-corrected chi connectivity index (χ2v) is 4.79. The van der Waals surface area contributed by atoms with Gasteiger partial charge in [0.25, 0.3) is 0 Å². The molecule has 0 bridgehead atoms. The molecule has 0 aliphatic heterocycles. The number of nitrogens with one attached hydrogen (secondary N) is 1. The van der Waals surface area contributed by atoms with Crippen LogP contribution in [0.5, 0.6) is 5.75 Å². The Balaban J connectivity index is 2.34. The van der Waals surface area contributed by atoms with Crippen molar-refractivity contribution in [3.05, 3.63) is 42.0 Å². The van der Waals surface area contributed by atoms with Gasteiger partial charge in [-0.25, -0.2) is 13.6 Å². The smallest absolute Gasteiger partial charge is 0.326 e. The summed E-state index contributed by atoms with van der Waals surface area (Å²) in [5, 5.41) is 11.4. The normalized spacial score (nSPS) is 12.1. The van der Waals surface area contributed by atoms with Gasteiger partial charge < -0.3 is 15.2 Å². The van der Waals surface area contributed by atoms with Crippen LogP contribution in [0.4, 0.5) is 8.78 Å². The van der Waals surface area contributed by atoms with Crippen molar-refractivity contribution in [2.24, 2.45) is 0 Å². The molecule has 0 heterocycles. The van der Waals surface area contributed by atoms with Crippen molar-refractivity contribution < 1.29 is 28.2 Å². The number of carbonyl (C=O) groups excluding carboxylic acids is 1. The Kier molecular flexibility index (Phi) is 7.73. The molecule has 0 saturated carbocycles. The third-order valence-corrected chi connectivity index (χ3v) is 2.94. The molecule has 1 rings (SSSR count). The van der Waals surface area contributed by atoms with Gasteiger partial charge >= 0.3 is 5.97 Å². The van der Waals surface area contributed by atoms with Crippen LogP contribution < -0.4 is 10.1 Å². The number of carboxylic acid groups (broad SMARTS) is 1. The first kappa shape index (κ1) is 18.6. The van der Waals surface area contributed by atoms with Crippen molar-refractivity contribution in [3.63, 3.8) is 0 Å². The number of rotatable bonds is 9. The van der Waals surface area contributed by atoms with Gasteiger partial charge in [-0.05, 0) is 31.9 Å². The molecule has 7 heteroatoms. The van der Waals surface area contributed by atoms with Crippen molar-refractivity contribution >= 4 is 11.9 Å². The van der Waals surface area contributed by atoms with Gasteiger partial charge in [0, 0.05) is 12.5 Å². The number of aliphatic carboxylic acids is 1. The van der Waals surface area contributed by atoms with E-state index in [2.05, 4.69) is 5.32 Å². The Morgan fingerprint density at radius 2 is 2.13 bits per heavy atom. The van der Waals surface area contributed by atoms with Gasteiger partial charge in [0.15, 0.2) is 11.6 Å². The molecule has 0 aromatic heterocycles. The lowest BCUT2D eigenvalue weighted by Crippen LogP contribution is -2.40. The molecule has 1 amide bonds. The van der Waals surface area contributed by atoms with Gasteiger partial charge in [0.2, 0.25) is 5.91 Å². The topological polar surface area (TPSA) is 75.6 Å². The van der Waals surface area contributed by atoms with Crippen LogP contribution in [0, 0.1) is 11.6 Å². The minimum absolute atomic E-state index is 0.0441. The van der Waals surface area contributed by atoms with Crippen LogP contribution in [0.1, 0.15) is 26.2 Å². The highest BCUT2D eigenvalue weighted by Crippen LogP contribution is 2.17. The number of allylic oxidation sites excluding steroid dienone is 1. The van der Waals surface area contributed by atoms with Crippen molar-refractivity contribution in [2.75, 3.05) is 6.61 Å². The first-order valence-corrected chi connectivity index (χ1v) is 7.15. The van der Waals surface area contributed by atoms with Crippen molar-refractivity contribution in [2.45, 2.75) is 32.2 Å². The summed E-state index contributed by atoms with van der Waals surface area (Å²) in [6, 6.07) is 1.97. The van der Waals surface area contributed by atoms with Crippen molar-refractivity contribution in [3.8, 4) is 5.75 Å². The summed E-state index contributed by atoms with van der Waals surface area (Å²) in [6.07, 6.45) is 3.88. The Bertz CT molecular complexity index is 575. The molecule has 0 spiro atoms. The molecule has 0 saturated heterocycles. The highest BCUT2D eigenvalue weighted by atomic mass is 19.1. The first-order chi connectivity index (χ1) is 10.9. The maximum absolute atomic E-state index is 13.3. The lowest BCUT2D eigenvalue weighted by Gasteiger charge is -2.12. The zero-order valence-electron chi connectivity index (χ0n) is 12.7. The second kappa shape index (κ2) is 9.55. The molecule has 1 atom stereocenters. The van der Waals surface area contributed by atoms with Crippen LogP contribution in [0.25, 0.3) is 0 Å². The fourth-order valence-corrected chi connectivity index (χ4v) is 1.77. The average molecular weight is 327 g/mol. The molecule has 0 radical (unpaired) electrons. The molecule has 1 unspecified atom stereocenters. The number of halogens is 2. The SMILES string of the molecule is C/C=C/CC(NC(=O)CCCOc1ccc(F)cc1F)C(=O)O. The van der Waals surface area contributed by atoms with E-state index in [4.69, 9.17) is 9.84 Å². The maximum atomic E-state index is 13.3. The van der Waals surface area contributed by atoms with Crippen LogP contribution in [0.2, 0.25) is 0 Å². The summed E-state index contributed by atoms with van der Waals surface area (Å²) in [4.78, 5) is 22.6. The summed E-state index contributed by atoms with van der Waals surface area (Å²) in [7, 11) is 0. The van der Waals surface area contributed by atoms with Crippen LogP contribution in [0.3, 0.4) is 0 Å². The zero-order valence-corrected chi connectivity index (χ0v) is 12.7. The standard InChI is InChI=1S/C16H19F2NO4/c1-2-3-5-13(16(21)22)19-15(20)6-4-9-23-14-8-7-11(17)10-12(14)18/h2-3,7-8,10,13H,4-6,9H2,1H3,(H,19,20)(H,21,22)/b3-2+. The first-order valence-electron chi connectivity index (χ1n) is 7.15. The quantitative estimate of drug-likeness (QED) is 0.540. The van der Waals surface area contributed by atoms with E-state index in [0.717, 1.165) is 6.07 Å². The molecule has 1 aromatic carbocycles. The van der Waals surface area contributed by atoms with Gasteiger partial charge in [-0.1, -0.05) is 12.2 Å². The fraction of sp³-hybridized carbons (Fsp3) is 0.375. The zero-order chi connectivity index (χ0) is 17.2. The highest BCUT2D eigenvalue weighted by molar-refractivity contribution is 5.83. The van der Waals surface area contributed by atoms with E-state index in [1.165, 1.54) is 6.07 Å². The van der Waals surface area contributed by atoms with E-state index in [9.17, 15) is 18.4 Å². The van der Waals surface area contributed by atoms with E-state index < -0.39 is 29.6 Å². The molecule has 0 aliphatic carbocycles. The molecule has 0 aliphatic rings. The number of hydrogen-bond donors (Lipinski definition) is 2. The number of carbonyl (C=O) groups is 2. The second-order valence-electron chi connectivity index (χ2n) is 4.79. The number of ether oxygens (including phenoxy) is 1. The Labute approximate surface area is 133 Å². The fourth-order valence-electron chi connectivity index (χ4n) is 1.77. The number of hydrogen-bond acceptors (Lipinski definition) is 3. The average Bonchev–Trinajstić information content (AvgIpc) is 2.49. The summed E-state index contributed by atoms with van der Waals surface area (Å²) >= 11 is 0. The van der Waals surface area contributed by atoms with E-state index in [1.807, 2.05) is 0 Å². The largest absolute Gasteiger partial charge is 0.491 e. The van der Waals surface area contributed by atoms with Gasteiger partial charge in [0.05, 0.1) is 6.61 Å². The summed E-state index contributed by atoms with van der Waals surface area (Å²) in [6.45, 7) is 1.81. The maximum Gasteiger partial charge on any atom is 0.326 e. The molecule has 2 N–H and O–H groups in total. The van der Waals surface area contributed by atoms with E-state index in [1.54, 1.807) is 19.1 Å². The highest BCUT2D eigenvalue weighted by Gasteiger charge is 2.18. The molecule has 126 valence electrons. The molecular formula is C16H19F2NO4. The summed E-state index contributed by atoms with van der Waals surface area (Å²) in [5.41, 5.74) is 0. The van der Waals surface area contributed by atoms with Gasteiger partial charge in [-0.3, -0.25) is 4.79 Å². The minimum Gasteiger partial charge on any atom is -0.491 e. The Hall–Kier alpha value is -2.44. The Morgan fingerprint density at radius 3 is 2.74 bits per heavy atom. The van der Waals surface area contributed by atoms with Gasteiger partial charge in [0.1, 0.15) is 11.9 Å². The molecule has 0 fully saturated rings. The van der Waals surface area contributed by atoms with Crippen LogP contribution in [0.15, 0.2) is 30.4 Å². The monoisotopic (exact) mass is 327 g/mol. The Morgan fingerprint density at radius 1 is 1.39 bits per heavy atom. The van der Waals surface area contributed by atoms with Crippen LogP contribution in [-0.4, -0.2) is 29.6 Å². The number of carboxylic acids is 1. The van der Waals surface area contributed by atoms with Gasteiger partial charge in [-0.15, -0.1) is 0 Å². The van der Waals surface area contributed by atoms with Crippen LogP contribution >= 0.6 is 0 Å². The summed E-state index contributed by atoms with van der Waals surface area (Å²) < 4.78 is 31.1.